The molecule has 1 aliphatic rings. The van der Waals surface area contributed by atoms with Crippen molar-refractivity contribution in [1.82, 2.24) is 0 Å². The first-order valence-corrected chi connectivity index (χ1v) is 6.67. The maximum atomic E-state index is 12.6. The van der Waals surface area contributed by atoms with E-state index in [9.17, 15) is 18.0 Å². The lowest BCUT2D eigenvalue weighted by molar-refractivity contribution is -0.137. The van der Waals surface area contributed by atoms with Crippen LogP contribution in [-0.2, 0) is 11.0 Å². The summed E-state index contributed by atoms with van der Waals surface area (Å²) in [5.74, 6) is -0.0859. The van der Waals surface area contributed by atoms with Crippen molar-refractivity contribution < 1.29 is 18.0 Å². The van der Waals surface area contributed by atoms with Gasteiger partial charge in [-0.2, -0.15) is 13.2 Å². The Kier molecular flexibility index (Phi) is 3.31. The monoisotopic (exact) mass is 306 g/mol. The zero-order valence-electron chi connectivity index (χ0n) is 11.7. The highest BCUT2D eigenvalue weighted by Crippen LogP contribution is 2.35. The lowest BCUT2D eigenvalue weighted by atomic mass is 10.0. The van der Waals surface area contributed by atoms with Crippen molar-refractivity contribution in [2.24, 2.45) is 0 Å². The predicted molar refractivity (Wildman–Crippen MR) is 78.8 cm³/mol. The van der Waals surface area contributed by atoms with Crippen LogP contribution in [0.15, 0.2) is 42.5 Å². The van der Waals surface area contributed by atoms with Gasteiger partial charge in [0.1, 0.15) is 0 Å². The van der Waals surface area contributed by atoms with Gasteiger partial charge in [0.2, 0.25) is 5.91 Å². The molecule has 0 aromatic heterocycles. The van der Waals surface area contributed by atoms with Gasteiger partial charge >= 0.3 is 6.18 Å². The summed E-state index contributed by atoms with van der Waals surface area (Å²) in [6.07, 6.45) is -4.33. The Hall–Kier alpha value is -2.50. The summed E-state index contributed by atoms with van der Waals surface area (Å²) in [4.78, 5) is 13.3. The smallest absolute Gasteiger partial charge is 0.364 e. The van der Waals surface area contributed by atoms with Gasteiger partial charge in [-0.05, 0) is 35.4 Å². The average Bonchev–Trinajstić information content (AvgIpc) is 2.46. The van der Waals surface area contributed by atoms with E-state index in [0.29, 0.717) is 11.3 Å². The van der Waals surface area contributed by atoms with Crippen LogP contribution in [0.25, 0.3) is 11.1 Å². The summed E-state index contributed by atoms with van der Waals surface area (Å²) in [6.45, 7) is 0.253. The number of likely N-dealkylation sites (N-methyl/N-ethyl adjacent to an activating group) is 1. The molecule has 3 nitrogen and oxygen atoms in total. The van der Waals surface area contributed by atoms with Crippen LogP contribution in [0.4, 0.5) is 24.5 Å². The fraction of sp³-hybridized carbons (Fsp3) is 0.188. The summed E-state index contributed by atoms with van der Waals surface area (Å²) >= 11 is 0. The van der Waals surface area contributed by atoms with E-state index in [-0.39, 0.29) is 12.5 Å². The second-order valence-corrected chi connectivity index (χ2v) is 5.21. The number of carbonyl (C=O) groups excluding carboxylic acids is 1. The number of alkyl halides is 3. The fourth-order valence-corrected chi connectivity index (χ4v) is 2.47. The molecule has 22 heavy (non-hydrogen) atoms. The van der Waals surface area contributed by atoms with Gasteiger partial charge in [-0.25, -0.2) is 0 Å². The number of rotatable bonds is 1. The second kappa shape index (κ2) is 5.05. The highest BCUT2D eigenvalue weighted by molar-refractivity contribution is 6.01. The molecule has 114 valence electrons. The molecule has 0 saturated heterocycles. The molecule has 1 N–H and O–H groups in total. The van der Waals surface area contributed by atoms with E-state index in [2.05, 4.69) is 5.32 Å². The number of hydrogen-bond donors (Lipinski definition) is 1. The Balaban J connectivity index is 1.96. The Bertz CT molecular complexity index is 723. The van der Waals surface area contributed by atoms with Crippen LogP contribution in [0.3, 0.4) is 0 Å². The number of fused-ring (bicyclic) bond motifs is 1. The van der Waals surface area contributed by atoms with Crippen molar-refractivity contribution in [1.29, 1.82) is 0 Å². The maximum Gasteiger partial charge on any atom is 0.416 e. The lowest BCUT2D eigenvalue weighted by Crippen LogP contribution is -2.35. The Morgan fingerprint density at radius 3 is 2.32 bits per heavy atom. The normalized spacial score (nSPS) is 14.5. The minimum absolute atomic E-state index is 0.0859. The van der Waals surface area contributed by atoms with E-state index < -0.39 is 11.7 Å². The number of carbonyl (C=O) groups is 1. The molecule has 3 rings (SSSR count). The van der Waals surface area contributed by atoms with Gasteiger partial charge < -0.3 is 10.2 Å². The molecule has 2 aromatic carbocycles. The molecule has 0 radical (unpaired) electrons. The van der Waals surface area contributed by atoms with Crippen molar-refractivity contribution in [2.75, 3.05) is 23.8 Å². The van der Waals surface area contributed by atoms with E-state index in [4.69, 9.17) is 0 Å². The van der Waals surface area contributed by atoms with E-state index in [0.717, 1.165) is 23.4 Å². The third kappa shape index (κ3) is 2.64. The van der Waals surface area contributed by atoms with Crippen molar-refractivity contribution in [3.8, 4) is 11.1 Å². The van der Waals surface area contributed by atoms with Crippen molar-refractivity contribution >= 4 is 17.3 Å². The molecule has 6 heteroatoms. The third-order valence-electron chi connectivity index (χ3n) is 3.61. The van der Waals surface area contributed by atoms with Gasteiger partial charge in [0.25, 0.3) is 0 Å². The number of anilines is 2. The van der Waals surface area contributed by atoms with Crippen LogP contribution in [0.2, 0.25) is 0 Å². The highest BCUT2D eigenvalue weighted by atomic mass is 19.4. The van der Waals surface area contributed by atoms with Gasteiger partial charge in [-0.1, -0.05) is 18.2 Å². The van der Waals surface area contributed by atoms with Crippen LogP contribution < -0.4 is 10.2 Å². The van der Waals surface area contributed by atoms with E-state index in [1.165, 1.54) is 12.1 Å². The Morgan fingerprint density at radius 2 is 1.68 bits per heavy atom. The quantitative estimate of drug-likeness (QED) is 0.870. The molecular formula is C16H13F3N2O. The number of nitrogens with one attached hydrogen (secondary N) is 1. The molecule has 0 unspecified atom stereocenters. The molecule has 0 aliphatic carbocycles. The lowest BCUT2D eigenvalue weighted by Gasteiger charge is -2.27. The minimum atomic E-state index is -4.33. The number of benzene rings is 2. The zero-order chi connectivity index (χ0) is 15.9. The predicted octanol–water partition coefficient (Wildman–Crippen LogP) is 3.76. The van der Waals surface area contributed by atoms with Crippen molar-refractivity contribution in [2.45, 2.75) is 6.18 Å². The van der Waals surface area contributed by atoms with Crippen molar-refractivity contribution in [3.63, 3.8) is 0 Å². The molecule has 1 aliphatic heterocycles. The van der Waals surface area contributed by atoms with Gasteiger partial charge in [0.15, 0.2) is 0 Å². The number of amides is 1. The molecule has 0 fully saturated rings. The van der Waals surface area contributed by atoms with Crippen LogP contribution in [0.1, 0.15) is 5.56 Å². The van der Waals surface area contributed by atoms with Gasteiger partial charge in [0.05, 0.1) is 23.5 Å². The van der Waals surface area contributed by atoms with Gasteiger partial charge in [-0.15, -0.1) is 0 Å². The highest BCUT2D eigenvalue weighted by Gasteiger charge is 2.30. The Morgan fingerprint density at radius 1 is 1.05 bits per heavy atom. The van der Waals surface area contributed by atoms with E-state index in [1.54, 1.807) is 19.2 Å². The van der Waals surface area contributed by atoms with Crippen molar-refractivity contribution in [3.05, 3.63) is 48.0 Å². The summed E-state index contributed by atoms with van der Waals surface area (Å²) in [5.41, 5.74) is 2.38. The first-order valence-electron chi connectivity index (χ1n) is 6.67. The minimum Gasteiger partial charge on any atom is -0.364 e. The summed E-state index contributed by atoms with van der Waals surface area (Å²) in [7, 11) is 1.80. The molecule has 1 heterocycles. The van der Waals surface area contributed by atoms with Gasteiger partial charge in [-0.3, -0.25) is 4.79 Å². The van der Waals surface area contributed by atoms with Crippen LogP contribution in [0, 0.1) is 0 Å². The molecule has 1 amide bonds. The topological polar surface area (TPSA) is 32.3 Å². The molecule has 2 aromatic rings. The van der Waals surface area contributed by atoms with Gasteiger partial charge in [0, 0.05) is 7.05 Å². The largest absolute Gasteiger partial charge is 0.416 e. The Labute approximate surface area is 125 Å². The third-order valence-corrected chi connectivity index (χ3v) is 3.61. The number of nitrogens with zero attached hydrogens (tertiary/aromatic N) is 1. The fourth-order valence-electron chi connectivity index (χ4n) is 2.47. The first kappa shape index (κ1) is 14.4. The number of halogens is 3. The molecule has 0 bridgehead atoms. The summed E-state index contributed by atoms with van der Waals surface area (Å²) in [5, 5.41) is 2.77. The molecule has 0 atom stereocenters. The van der Waals surface area contributed by atoms with Crippen LogP contribution >= 0.6 is 0 Å². The maximum absolute atomic E-state index is 12.6. The zero-order valence-corrected chi connectivity index (χ0v) is 11.7. The van der Waals surface area contributed by atoms with Crippen LogP contribution in [-0.4, -0.2) is 19.5 Å². The molecular weight excluding hydrogens is 293 g/mol. The number of hydrogen-bond acceptors (Lipinski definition) is 2. The first-order chi connectivity index (χ1) is 10.3. The molecule has 0 saturated carbocycles. The second-order valence-electron chi connectivity index (χ2n) is 5.21. The average molecular weight is 306 g/mol. The van der Waals surface area contributed by atoms with Crippen LogP contribution in [0.5, 0.6) is 0 Å². The summed E-state index contributed by atoms with van der Waals surface area (Å²) < 4.78 is 37.8. The van der Waals surface area contributed by atoms with E-state index >= 15 is 0 Å². The summed E-state index contributed by atoms with van der Waals surface area (Å²) in [6, 6.07) is 10.4. The van der Waals surface area contributed by atoms with E-state index in [1.807, 2.05) is 11.0 Å². The standard InChI is InChI=1S/C16H13F3N2O/c1-21-9-15(22)20-13-7-4-11(8-14(13)21)10-2-5-12(6-3-10)16(17,18)19/h2-8H,9H2,1H3,(H,20,22). The molecule has 0 spiro atoms. The SMILES string of the molecule is CN1CC(=O)Nc2ccc(-c3ccc(C(F)(F)F)cc3)cc21.